The average molecular weight is 221 g/mol. The Bertz CT molecular complexity index is 374. The van der Waals surface area contributed by atoms with Gasteiger partial charge in [-0.05, 0) is 37.5 Å². The maximum Gasteiger partial charge on any atom is 0.224 e. The normalized spacial score (nSPS) is 12.2. The summed E-state index contributed by atoms with van der Waals surface area (Å²) in [6.45, 7) is 5.83. The molecule has 0 aliphatic carbocycles. The molecule has 0 saturated heterocycles. The van der Waals surface area contributed by atoms with E-state index in [1.54, 1.807) is 6.92 Å². The van der Waals surface area contributed by atoms with Crippen molar-refractivity contribution in [2.24, 2.45) is 0 Å². The lowest BCUT2D eigenvalue weighted by atomic mass is 10.0. The van der Waals surface area contributed by atoms with Gasteiger partial charge in [-0.3, -0.25) is 4.79 Å². The first-order valence-electron chi connectivity index (χ1n) is 5.49. The number of hydrogen-bond donors (Lipinski definition) is 2. The van der Waals surface area contributed by atoms with E-state index in [-0.39, 0.29) is 18.6 Å². The Kier molecular flexibility index (Phi) is 4.50. The van der Waals surface area contributed by atoms with Crippen molar-refractivity contribution in [1.29, 1.82) is 0 Å². The Morgan fingerprint density at radius 2 is 2.06 bits per heavy atom. The van der Waals surface area contributed by atoms with Gasteiger partial charge in [0, 0.05) is 6.04 Å². The van der Waals surface area contributed by atoms with Gasteiger partial charge in [-0.25, -0.2) is 0 Å². The quantitative estimate of drug-likeness (QED) is 0.806. The van der Waals surface area contributed by atoms with E-state index in [0.717, 1.165) is 5.56 Å². The zero-order valence-corrected chi connectivity index (χ0v) is 10.1. The third kappa shape index (κ3) is 3.66. The highest BCUT2D eigenvalue weighted by Gasteiger charge is 2.07. The molecule has 0 aliphatic heterocycles. The van der Waals surface area contributed by atoms with Gasteiger partial charge in [-0.15, -0.1) is 0 Å². The average Bonchev–Trinajstić information content (AvgIpc) is 2.23. The Hall–Kier alpha value is -1.35. The third-order valence-corrected chi connectivity index (χ3v) is 2.62. The number of amides is 1. The number of rotatable bonds is 4. The number of nitrogens with one attached hydrogen (secondary N) is 1. The van der Waals surface area contributed by atoms with Crippen molar-refractivity contribution in [3.8, 4) is 0 Å². The van der Waals surface area contributed by atoms with Gasteiger partial charge in [-0.1, -0.05) is 18.2 Å². The Morgan fingerprint density at radius 1 is 1.38 bits per heavy atom. The maximum absolute atomic E-state index is 11.6. The predicted molar refractivity (Wildman–Crippen MR) is 64.3 cm³/mol. The van der Waals surface area contributed by atoms with Crippen molar-refractivity contribution in [1.82, 2.24) is 5.32 Å². The smallest absolute Gasteiger partial charge is 0.224 e. The molecule has 88 valence electrons. The predicted octanol–water partition coefficient (Wildman–Crippen LogP) is 1.34. The molecule has 2 N–H and O–H groups in total. The lowest BCUT2D eigenvalue weighted by molar-refractivity contribution is -0.121. The molecule has 3 heteroatoms. The molecule has 0 aromatic heterocycles. The molecule has 1 aromatic carbocycles. The monoisotopic (exact) mass is 221 g/mol. The van der Waals surface area contributed by atoms with Gasteiger partial charge in [0.2, 0.25) is 5.91 Å². The SMILES string of the molecule is Cc1ccc(CC(=O)N[C@@H](C)CO)cc1C. The van der Waals surface area contributed by atoms with E-state index in [0.29, 0.717) is 6.42 Å². The van der Waals surface area contributed by atoms with Crippen LogP contribution in [-0.2, 0) is 11.2 Å². The van der Waals surface area contributed by atoms with Crippen molar-refractivity contribution in [2.45, 2.75) is 33.2 Å². The number of benzene rings is 1. The second kappa shape index (κ2) is 5.66. The van der Waals surface area contributed by atoms with Crippen LogP contribution in [0.4, 0.5) is 0 Å². The molecule has 0 heterocycles. The van der Waals surface area contributed by atoms with E-state index in [9.17, 15) is 4.79 Å². The van der Waals surface area contributed by atoms with Crippen LogP contribution < -0.4 is 5.32 Å². The topological polar surface area (TPSA) is 49.3 Å². The van der Waals surface area contributed by atoms with E-state index in [1.807, 2.05) is 32.0 Å². The second-order valence-corrected chi connectivity index (χ2v) is 4.25. The number of aliphatic hydroxyl groups excluding tert-OH is 1. The first-order valence-corrected chi connectivity index (χ1v) is 5.49. The summed E-state index contributed by atoms with van der Waals surface area (Å²) in [7, 11) is 0. The molecule has 1 atom stereocenters. The molecule has 1 amide bonds. The third-order valence-electron chi connectivity index (χ3n) is 2.62. The summed E-state index contributed by atoms with van der Waals surface area (Å²) in [6, 6.07) is 5.83. The molecule has 1 aromatic rings. The summed E-state index contributed by atoms with van der Waals surface area (Å²) >= 11 is 0. The number of aryl methyl sites for hydroxylation is 2. The van der Waals surface area contributed by atoms with Gasteiger partial charge >= 0.3 is 0 Å². The van der Waals surface area contributed by atoms with Crippen LogP contribution in [0.2, 0.25) is 0 Å². The molecule has 0 saturated carbocycles. The van der Waals surface area contributed by atoms with Gasteiger partial charge in [0.25, 0.3) is 0 Å². The number of hydrogen-bond acceptors (Lipinski definition) is 2. The zero-order valence-electron chi connectivity index (χ0n) is 10.1. The molecule has 0 fully saturated rings. The van der Waals surface area contributed by atoms with Crippen LogP contribution >= 0.6 is 0 Å². The first kappa shape index (κ1) is 12.7. The van der Waals surface area contributed by atoms with Crippen molar-refractivity contribution in [3.05, 3.63) is 34.9 Å². The minimum atomic E-state index is -0.181. The van der Waals surface area contributed by atoms with Gasteiger partial charge in [0.05, 0.1) is 13.0 Å². The van der Waals surface area contributed by atoms with Gasteiger partial charge in [-0.2, -0.15) is 0 Å². The lowest BCUT2D eigenvalue weighted by Crippen LogP contribution is -2.35. The lowest BCUT2D eigenvalue weighted by Gasteiger charge is -2.11. The Balaban J connectivity index is 2.59. The van der Waals surface area contributed by atoms with E-state index < -0.39 is 0 Å². The molecular weight excluding hydrogens is 202 g/mol. The summed E-state index contributed by atoms with van der Waals surface area (Å²) in [5.74, 6) is -0.0511. The summed E-state index contributed by atoms with van der Waals surface area (Å²) in [5, 5.41) is 11.5. The van der Waals surface area contributed by atoms with E-state index >= 15 is 0 Å². The van der Waals surface area contributed by atoms with Crippen LogP contribution in [0.25, 0.3) is 0 Å². The van der Waals surface area contributed by atoms with Crippen molar-refractivity contribution < 1.29 is 9.90 Å². The van der Waals surface area contributed by atoms with Gasteiger partial charge < -0.3 is 10.4 Å². The molecule has 16 heavy (non-hydrogen) atoms. The van der Waals surface area contributed by atoms with Crippen LogP contribution in [-0.4, -0.2) is 23.7 Å². The fraction of sp³-hybridized carbons (Fsp3) is 0.462. The van der Waals surface area contributed by atoms with Gasteiger partial charge in [0.1, 0.15) is 0 Å². The Labute approximate surface area is 96.5 Å². The highest BCUT2D eigenvalue weighted by Crippen LogP contribution is 2.10. The standard InChI is InChI=1S/C13H19NO2/c1-9-4-5-12(6-10(9)2)7-13(16)14-11(3)8-15/h4-6,11,15H,7-8H2,1-3H3,(H,14,16)/t11-/m0/s1. The highest BCUT2D eigenvalue weighted by molar-refractivity contribution is 5.78. The number of aliphatic hydroxyl groups is 1. The van der Waals surface area contributed by atoms with E-state index in [1.165, 1.54) is 11.1 Å². The highest BCUT2D eigenvalue weighted by atomic mass is 16.3. The van der Waals surface area contributed by atoms with E-state index in [2.05, 4.69) is 5.32 Å². The molecule has 0 aliphatic rings. The van der Waals surface area contributed by atoms with Crippen LogP contribution in [0.15, 0.2) is 18.2 Å². The molecule has 0 unspecified atom stereocenters. The molecule has 0 bridgehead atoms. The van der Waals surface area contributed by atoms with Gasteiger partial charge in [0.15, 0.2) is 0 Å². The molecule has 1 rings (SSSR count). The largest absolute Gasteiger partial charge is 0.394 e. The molecular formula is C13H19NO2. The molecule has 0 spiro atoms. The first-order chi connectivity index (χ1) is 7.52. The maximum atomic E-state index is 11.6. The van der Waals surface area contributed by atoms with Crippen molar-refractivity contribution in [2.75, 3.05) is 6.61 Å². The van der Waals surface area contributed by atoms with Crippen molar-refractivity contribution in [3.63, 3.8) is 0 Å². The zero-order chi connectivity index (χ0) is 12.1. The van der Waals surface area contributed by atoms with E-state index in [4.69, 9.17) is 5.11 Å². The van der Waals surface area contributed by atoms with Crippen LogP contribution in [0, 0.1) is 13.8 Å². The fourth-order valence-corrected chi connectivity index (χ4v) is 1.47. The van der Waals surface area contributed by atoms with Crippen LogP contribution in [0.5, 0.6) is 0 Å². The van der Waals surface area contributed by atoms with Crippen molar-refractivity contribution >= 4 is 5.91 Å². The molecule has 3 nitrogen and oxygen atoms in total. The minimum absolute atomic E-state index is 0.0291. The van der Waals surface area contributed by atoms with Crippen LogP contribution in [0.3, 0.4) is 0 Å². The number of carbonyl (C=O) groups is 1. The minimum Gasteiger partial charge on any atom is -0.394 e. The molecule has 0 radical (unpaired) electrons. The summed E-state index contributed by atoms with van der Waals surface area (Å²) in [6.07, 6.45) is 0.367. The Morgan fingerprint density at radius 3 is 2.62 bits per heavy atom. The second-order valence-electron chi connectivity index (χ2n) is 4.25. The summed E-state index contributed by atoms with van der Waals surface area (Å²) < 4.78 is 0. The number of carbonyl (C=O) groups excluding carboxylic acids is 1. The summed E-state index contributed by atoms with van der Waals surface area (Å²) in [5.41, 5.74) is 3.43. The summed E-state index contributed by atoms with van der Waals surface area (Å²) in [4.78, 5) is 11.6. The fourth-order valence-electron chi connectivity index (χ4n) is 1.47. The van der Waals surface area contributed by atoms with Crippen LogP contribution in [0.1, 0.15) is 23.6 Å².